The number of amides is 2. The highest BCUT2D eigenvalue weighted by atomic mass is 32.1. The SMILES string of the molecule is CN(C)CCN(S)C(=O)NCCNCc1ccccn1. The van der Waals surface area contributed by atoms with Crippen LogP contribution in [0.15, 0.2) is 24.4 Å². The molecule has 0 aliphatic heterocycles. The fourth-order valence-corrected chi connectivity index (χ4v) is 1.62. The predicted octanol–water partition coefficient (Wildman–Crippen LogP) is 0.589. The van der Waals surface area contributed by atoms with Crippen LogP contribution in [-0.4, -0.2) is 60.5 Å². The molecule has 0 aliphatic carbocycles. The van der Waals surface area contributed by atoms with Crippen LogP contribution in [0.4, 0.5) is 4.79 Å². The van der Waals surface area contributed by atoms with E-state index in [9.17, 15) is 4.79 Å². The van der Waals surface area contributed by atoms with Gasteiger partial charge < -0.3 is 15.5 Å². The number of rotatable bonds is 8. The lowest BCUT2D eigenvalue weighted by atomic mass is 10.3. The van der Waals surface area contributed by atoms with Crippen LogP contribution < -0.4 is 10.6 Å². The van der Waals surface area contributed by atoms with Crippen LogP contribution in [-0.2, 0) is 6.54 Å². The maximum atomic E-state index is 11.7. The molecule has 0 radical (unpaired) electrons. The van der Waals surface area contributed by atoms with Gasteiger partial charge in [0.05, 0.1) is 5.69 Å². The summed E-state index contributed by atoms with van der Waals surface area (Å²) < 4.78 is 1.39. The summed E-state index contributed by atoms with van der Waals surface area (Å²) in [7, 11) is 3.92. The van der Waals surface area contributed by atoms with Gasteiger partial charge >= 0.3 is 6.03 Å². The van der Waals surface area contributed by atoms with Crippen molar-refractivity contribution in [2.45, 2.75) is 6.54 Å². The summed E-state index contributed by atoms with van der Waals surface area (Å²) >= 11 is 4.15. The fraction of sp³-hybridized carbons (Fsp3) is 0.538. The molecule has 112 valence electrons. The number of urea groups is 1. The van der Waals surface area contributed by atoms with Gasteiger partial charge in [0.2, 0.25) is 0 Å². The zero-order valence-electron chi connectivity index (χ0n) is 12.0. The van der Waals surface area contributed by atoms with Gasteiger partial charge in [-0.3, -0.25) is 9.29 Å². The summed E-state index contributed by atoms with van der Waals surface area (Å²) in [5.74, 6) is 0. The average Bonchev–Trinajstić information content (AvgIpc) is 2.45. The first-order valence-electron chi connectivity index (χ1n) is 6.59. The van der Waals surface area contributed by atoms with Crippen LogP contribution in [0.25, 0.3) is 0 Å². The van der Waals surface area contributed by atoms with E-state index in [0.29, 0.717) is 26.2 Å². The number of thiol groups is 1. The van der Waals surface area contributed by atoms with Gasteiger partial charge in [-0.25, -0.2) is 4.79 Å². The van der Waals surface area contributed by atoms with Crippen molar-refractivity contribution in [1.82, 2.24) is 24.8 Å². The van der Waals surface area contributed by atoms with Crippen LogP contribution >= 0.6 is 12.8 Å². The number of likely N-dealkylation sites (N-methyl/N-ethyl adjacent to an activating group) is 1. The Morgan fingerprint density at radius 3 is 2.75 bits per heavy atom. The first-order chi connectivity index (χ1) is 9.59. The van der Waals surface area contributed by atoms with Gasteiger partial charge in [0.15, 0.2) is 0 Å². The molecular weight excluding hydrogens is 274 g/mol. The number of pyridine rings is 1. The van der Waals surface area contributed by atoms with Crippen molar-refractivity contribution in [3.8, 4) is 0 Å². The molecule has 0 fully saturated rings. The molecule has 20 heavy (non-hydrogen) atoms. The van der Waals surface area contributed by atoms with E-state index in [1.165, 1.54) is 4.31 Å². The maximum absolute atomic E-state index is 11.7. The third-order valence-electron chi connectivity index (χ3n) is 2.60. The zero-order valence-corrected chi connectivity index (χ0v) is 12.9. The summed E-state index contributed by atoms with van der Waals surface area (Å²) in [6.45, 7) is 3.32. The third-order valence-corrected chi connectivity index (χ3v) is 2.99. The lowest BCUT2D eigenvalue weighted by Gasteiger charge is -2.18. The number of nitrogens with one attached hydrogen (secondary N) is 2. The smallest absolute Gasteiger partial charge is 0.327 e. The molecule has 1 aromatic heterocycles. The zero-order chi connectivity index (χ0) is 14.8. The van der Waals surface area contributed by atoms with Crippen molar-refractivity contribution >= 4 is 18.8 Å². The summed E-state index contributed by atoms with van der Waals surface area (Å²) in [5, 5.41) is 6.02. The molecular formula is C13H23N5OS. The van der Waals surface area contributed by atoms with Crippen molar-refractivity contribution in [2.24, 2.45) is 0 Å². The number of carbonyl (C=O) groups excluding carboxylic acids is 1. The predicted molar refractivity (Wildman–Crippen MR) is 83.6 cm³/mol. The Morgan fingerprint density at radius 1 is 1.30 bits per heavy atom. The van der Waals surface area contributed by atoms with Gasteiger partial charge in [0.25, 0.3) is 0 Å². The molecule has 1 heterocycles. The Hall–Kier alpha value is -1.31. The molecule has 2 N–H and O–H groups in total. The van der Waals surface area contributed by atoms with Gasteiger partial charge in [-0.05, 0) is 26.2 Å². The van der Waals surface area contributed by atoms with E-state index in [1.54, 1.807) is 6.20 Å². The average molecular weight is 297 g/mol. The molecule has 7 heteroatoms. The van der Waals surface area contributed by atoms with Gasteiger partial charge in [0.1, 0.15) is 0 Å². The first-order valence-corrected chi connectivity index (χ1v) is 6.99. The minimum Gasteiger partial charge on any atom is -0.336 e. The third kappa shape index (κ3) is 7.32. The Morgan fingerprint density at radius 2 is 2.10 bits per heavy atom. The molecule has 0 unspecified atom stereocenters. The molecule has 0 aliphatic rings. The molecule has 0 spiro atoms. The largest absolute Gasteiger partial charge is 0.336 e. The standard InChI is InChI=1S/C13H23N5OS/c1-17(2)9-10-18(20)13(19)16-8-7-14-11-12-5-3-4-6-15-12/h3-6,14,20H,7-11H2,1-2H3,(H,16,19). The Labute approximate surface area is 126 Å². The molecule has 1 rings (SSSR count). The van der Waals surface area contributed by atoms with Crippen molar-refractivity contribution in [3.05, 3.63) is 30.1 Å². The van der Waals surface area contributed by atoms with E-state index in [1.807, 2.05) is 37.2 Å². The Balaban J connectivity index is 2.07. The number of hydrogen-bond acceptors (Lipinski definition) is 5. The van der Waals surface area contributed by atoms with Crippen LogP contribution in [0, 0.1) is 0 Å². The van der Waals surface area contributed by atoms with Crippen LogP contribution in [0.5, 0.6) is 0 Å². The summed E-state index contributed by atoms with van der Waals surface area (Å²) in [6, 6.07) is 5.63. The summed E-state index contributed by atoms with van der Waals surface area (Å²) in [6.07, 6.45) is 1.77. The van der Waals surface area contributed by atoms with E-state index in [4.69, 9.17) is 0 Å². The van der Waals surface area contributed by atoms with Crippen molar-refractivity contribution in [3.63, 3.8) is 0 Å². The second-order valence-corrected chi connectivity index (χ2v) is 5.14. The minimum absolute atomic E-state index is 0.171. The quantitative estimate of drug-likeness (QED) is 0.485. The van der Waals surface area contributed by atoms with E-state index in [2.05, 4.69) is 28.4 Å². The van der Waals surface area contributed by atoms with E-state index >= 15 is 0 Å². The molecule has 2 amide bonds. The number of nitrogens with zero attached hydrogens (tertiary/aromatic N) is 3. The minimum atomic E-state index is -0.171. The van der Waals surface area contributed by atoms with Crippen LogP contribution in [0.3, 0.4) is 0 Å². The second-order valence-electron chi connectivity index (χ2n) is 4.66. The number of carbonyl (C=O) groups is 1. The molecule has 6 nitrogen and oxygen atoms in total. The topological polar surface area (TPSA) is 60.5 Å². The Kier molecular flexibility index (Phi) is 8.01. The highest BCUT2D eigenvalue weighted by molar-refractivity contribution is 7.78. The molecule has 0 saturated heterocycles. The fourth-order valence-electron chi connectivity index (χ4n) is 1.46. The Bertz CT molecular complexity index is 388. The highest BCUT2D eigenvalue weighted by Crippen LogP contribution is 1.94. The van der Waals surface area contributed by atoms with Gasteiger partial charge in [-0.1, -0.05) is 18.9 Å². The van der Waals surface area contributed by atoms with Crippen molar-refractivity contribution in [2.75, 3.05) is 40.3 Å². The lowest BCUT2D eigenvalue weighted by molar-refractivity contribution is 0.223. The second kappa shape index (κ2) is 9.57. The van der Waals surface area contributed by atoms with Crippen molar-refractivity contribution < 1.29 is 4.79 Å². The van der Waals surface area contributed by atoms with Crippen LogP contribution in [0.2, 0.25) is 0 Å². The van der Waals surface area contributed by atoms with Gasteiger partial charge in [-0.15, -0.1) is 0 Å². The van der Waals surface area contributed by atoms with Gasteiger partial charge in [-0.2, -0.15) is 0 Å². The summed E-state index contributed by atoms with van der Waals surface area (Å²) in [4.78, 5) is 17.9. The van der Waals surface area contributed by atoms with E-state index in [-0.39, 0.29) is 6.03 Å². The number of hydrogen-bond donors (Lipinski definition) is 3. The van der Waals surface area contributed by atoms with E-state index < -0.39 is 0 Å². The summed E-state index contributed by atoms with van der Waals surface area (Å²) in [5.41, 5.74) is 0.987. The molecule has 0 atom stereocenters. The number of aromatic nitrogens is 1. The molecule has 0 aromatic carbocycles. The molecule has 1 aromatic rings. The molecule has 0 saturated carbocycles. The molecule has 0 bridgehead atoms. The van der Waals surface area contributed by atoms with Crippen molar-refractivity contribution in [1.29, 1.82) is 0 Å². The van der Waals surface area contributed by atoms with Gasteiger partial charge in [0, 0.05) is 38.9 Å². The maximum Gasteiger partial charge on any atom is 0.327 e. The van der Waals surface area contributed by atoms with Crippen LogP contribution in [0.1, 0.15) is 5.69 Å². The monoisotopic (exact) mass is 297 g/mol. The van der Waals surface area contributed by atoms with E-state index in [0.717, 1.165) is 12.2 Å². The highest BCUT2D eigenvalue weighted by Gasteiger charge is 2.08. The normalized spacial score (nSPS) is 10.6. The lowest BCUT2D eigenvalue weighted by Crippen LogP contribution is -2.40. The first kappa shape index (κ1) is 16.7.